The van der Waals surface area contributed by atoms with E-state index in [0.717, 1.165) is 29.7 Å². The van der Waals surface area contributed by atoms with E-state index >= 15 is 0 Å². The van der Waals surface area contributed by atoms with Gasteiger partial charge in [0.25, 0.3) is 0 Å². The Hall–Kier alpha value is -3.07. The number of benzene rings is 3. The fourth-order valence-electron chi connectivity index (χ4n) is 3.47. The summed E-state index contributed by atoms with van der Waals surface area (Å²) in [6.07, 6.45) is 1.79. The summed E-state index contributed by atoms with van der Waals surface area (Å²) >= 11 is 0. The van der Waals surface area contributed by atoms with E-state index in [2.05, 4.69) is 34.9 Å². The molecule has 1 aliphatic carbocycles. The van der Waals surface area contributed by atoms with Crippen molar-refractivity contribution in [3.8, 4) is 11.1 Å². The van der Waals surface area contributed by atoms with Crippen LogP contribution in [0.15, 0.2) is 78.9 Å². The maximum absolute atomic E-state index is 12.5. The summed E-state index contributed by atoms with van der Waals surface area (Å²) in [5, 5.41) is 6.12. The molecule has 0 radical (unpaired) electrons. The second-order valence-corrected chi connectivity index (χ2v) is 6.38. The maximum atomic E-state index is 12.5. The summed E-state index contributed by atoms with van der Waals surface area (Å²) in [5.41, 5.74) is 5.59. The number of carbonyl (C=O) groups is 1. The van der Waals surface area contributed by atoms with Crippen LogP contribution in [0.3, 0.4) is 0 Å². The Morgan fingerprint density at radius 3 is 2.08 bits per heavy atom. The van der Waals surface area contributed by atoms with Gasteiger partial charge in [-0.05, 0) is 35.6 Å². The van der Waals surface area contributed by atoms with Gasteiger partial charge in [0.2, 0.25) is 0 Å². The van der Waals surface area contributed by atoms with Gasteiger partial charge >= 0.3 is 6.03 Å². The van der Waals surface area contributed by atoms with Crippen molar-refractivity contribution in [1.29, 1.82) is 0 Å². The van der Waals surface area contributed by atoms with Gasteiger partial charge in [-0.1, -0.05) is 72.8 Å². The van der Waals surface area contributed by atoms with Crippen molar-refractivity contribution in [1.82, 2.24) is 5.32 Å². The number of carbonyl (C=O) groups excluding carboxylic acids is 1. The topological polar surface area (TPSA) is 41.1 Å². The molecule has 3 aromatic carbocycles. The van der Waals surface area contributed by atoms with Crippen molar-refractivity contribution in [2.75, 3.05) is 5.32 Å². The summed E-state index contributed by atoms with van der Waals surface area (Å²) in [6.45, 7) is 0. The summed E-state index contributed by atoms with van der Waals surface area (Å²) in [5.74, 6) is 0. The van der Waals surface area contributed by atoms with Gasteiger partial charge in [-0.3, -0.25) is 0 Å². The first kappa shape index (κ1) is 15.5. The van der Waals surface area contributed by atoms with Crippen LogP contribution in [-0.4, -0.2) is 12.1 Å². The third-order valence-corrected chi connectivity index (χ3v) is 4.65. The molecule has 0 aromatic heterocycles. The largest absolute Gasteiger partial charge is 0.334 e. The summed E-state index contributed by atoms with van der Waals surface area (Å²) in [4.78, 5) is 12.5. The molecule has 3 nitrogen and oxygen atoms in total. The molecule has 0 saturated carbocycles. The van der Waals surface area contributed by atoms with Crippen molar-refractivity contribution < 1.29 is 4.79 Å². The predicted molar refractivity (Wildman–Crippen MR) is 102 cm³/mol. The Labute approximate surface area is 147 Å². The fraction of sp³-hybridized carbons (Fsp3) is 0.136. The van der Waals surface area contributed by atoms with Crippen LogP contribution in [0.4, 0.5) is 10.5 Å². The number of fused-ring (bicyclic) bond motifs is 1. The van der Waals surface area contributed by atoms with Gasteiger partial charge in [0.1, 0.15) is 0 Å². The number of urea groups is 1. The highest BCUT2D eigenvalue weighted by atomic mass is 16.2. The summed E-state index contributed by atoms with van der Waals surface area (Å²) < 4.78 is 0. The Balaban J connectivity index is 1.46. The molecular weight excluding hydrogens is 308 g/mol. The lowest BCUT2D eigenvalue weighted by Crippen LogP contribution is -2.38. The minimum atomic E-state index is -0.152. The zero-order valence-corrected chi connectivity index (χ0v) is 13.9. The molecule has 2 amide bonds. The van der Waals surface area contributed by atoms with Gasteiger partial charge in [0, 0.05) is 11.6 Å². The fourth-order valence-corrected chi connectivity index (χ4v) is 3.47. The predicted octanol–water partition coefficient (Wildman–Crippen LogP) is 4.64. The number of anilines is 1. The van der Waals surface area contributed by atoms with Crippen LogP contribution in [0, 0.1) is 0 Å². The van der Waals surface area contributed by atoms with E-state index in [0.29, 0.717) is 0 Å². The van der Waals surface area contributed by atoms with E-state index in [1.54, 1.807) is 0 Å². The zero-order chi connectivity index (χ0) is 17.1. The second-order valence-electron chi connectivity index (χ2n) is 6.38. The normalized spacial score (nSPS) is 13.3. The molecule has 4 rings (SSSR count). The Bertz CT molecular complexity index is 864. The average molecular weight is 328 g/mol. The Morgan fingerprint density at radius 1 is 0.760 bits per heavy atom. The molecule has 0 aliphatic heterocycles. The van der Waals surface area contributed by atoms with E-state index in [9.17, 15) is 4.79 Å². The monoisotopic (exact) mass is 328 g/mol. The van der Waals surface area contributed by atoms with Crippen LogP contribution in [-0.2, 0) is 12.8 Å². The van der Waals surface area contributed by atoms with Gasteiger partial charge < -0.3 is 10.6 Å². The molecule has 3 heteroatoms. The van der Waals surface area contributed by atoms with Gasteiger partial charge in [-0.15, -0.1) is 0 Å². The molecule has 1 aliphatic rings. The van der Waals surface area contributed by atoms with Crippen LogP contribution in [0.5, 0.6) is 0 Å². The van der Waals surface area contributed by atoms with E-state index in [1.807, 2.05) is 54.6 Å². The van der Waals surface area contributed by atoms with Crippen LogP contribution in [0.2, 0.25) is 0 Å². The standard InChI is InChI=1S/C22H20N2O/c25-22(23-19-14-17-10-4-5-11-18(17)15-19)24-21-13-7-6-12-20(21)16-8-2-1-3-9-16/h1-13,19H,14-15H2,(H2,23,24,25). The molecule has 0 bridgehead atoms. The van der Waals surface area contributed by atoms with Crippen LogP contribution < -0.4 is 10.6 Å². The highest BCUT2D eigenvalue weighted by molar-refractivity contribution is 5.94. The summed E-state index contributed by atoms with van der Waals surface area (Å²) in [6, 6.07) is 26.4. The number of hydrogen-bond donors (Lipinski definition) is 2. The molecule has 0 atom stereocenters. The Morgan fingerprint density at radius 2 is 1.36 bits per heavy atom. The number of rotatable bonds is 3. The minimum Gasteiger partial charge on any atom is -0.334 e. The van der Waals surface area contributed by atoms with Crippen LogP contribution in [0.1, 0.15) is 11.1 Å². The smallest absolute Gasteiger partial charge is 0.319 e. The van der Waals surface area contributed by atoms with E-state index in [-0.39, 0.29) is 12.1 Å². The van der Waals surface area contributed by atoms with Gasteiger partial charge in [0.05, 0.1) is 5.69 Å². The highest BCUT2D eigenvalue weighted by Crippen LogP contribution is 2.27. The third kappa shape index (κ3) is 3.41. The first-order valence-electron chi connectivity index (χ1n) is 8.58. The molecule has 0 heterocycles. The maximum Gasteiger partial charge on any atom is 0.319 e. The number of hydrogen-bond acceptors (Lipinski definition) is 1. The van der Waals surface area contributed by atoms with Crippen molar-refractivity contribution >= 4 is 11.7 Å². The molecule has 124 valence electrons. The van der Waals surface area contributed by atoms with E-state index in [4.69, 9.17) is 0 Å². The van der Waals surface area contributed by atoms with Crippen molar-refractivity contribution in [2.45, 2.75) is 18.9 Å². The minimum absolute atomic E-state index is 0.152. The number of amides is 2. The third-order valence-electron chi connectivity index (χ3n) is 4.65. The van der Waals surface area contributed by atoms with Crippen LogP contribution in [0.25, 0.3) is 11.1 Å². The SMILES string of the molecule is O=C(Nc1ccccc1-c1ccccc1)NC1Cc2ccccc2C1. The molecule has 25 heavy (non-hydrogen) atoms. The molecule has 0 fully saturated rings. The van der Waals surface area contributed by atoms with E-state index < -0.39 is 0 Å². The highest BCUT2D eigenvalue weighted by Gasteiger charge is 2.22. The van der Waals surface area contributed by atoms with E-state index in [1.165, 1.54) is 11.1 Å². The zero-order valence-electron chi connectivity index (χ0n) is 13.9. The molecular formula is C22H20N2O. The van der Waals surface area contributed by atoms with Crippen molar-refractivity contribution in [3.63, 3.8) is 0 Å². The summed E-state index contributed by atoms with van der Waals surface area (Å²) in [7, 11) is 0. The number of para-hydroxylation sites is 1. The Kier molecular flexibility index (Phi) is 4.21. The molecule has 0 saturated heterocycles. The number of nitrogens with one attached hydrogen (secondary N) is 2. The van der Waals surface area contributed by atoms with Gasteiger partial charge in [0.15, 0.2) is 0 Å². The molecule has 0 spiro atoms. The quantitative estimate of drug-likeness (QED) is 0.722. The van der Waals surface area contributed by atoms with Gasteiger partial charge in [-0.2, -0.15) is 0 Å². The van der Waals surface area contributed by atoms with Crippen molar-refractivity contribution in [2.24, 2.45) is 0 Å². The lowest BCUT2D eigenvalue weighted by atomic mass is 10.0. The second kappa shape index (κ2) is 6.81. The average Bonchev–Trinajstić information content (AvgIpc) is 3.05. The van der Waals surface area contributed by atoms with Crippen LogP contribution >= 0.6 is 0 Å². The first-order valence-corrected chi connectivity index (χ1v) is 8.58. The molecule has 3 aromatic rings. The molecule has 0 unspecified atom stereocenters. The lowest BCUT2D eigenvalue weighted by molar-refractivity contribution is 0.249. The first-order chi connectivity index (χ1) is 12.3. The van der Waals surface area contributed by atoms with Gasteiger partial charge in [-0.25, -0.2) is 4.79 Å². The van der Waals surface area contributed by atoms with Crippen molar-refractivity contribution in [3.05, 3.63) is 90.0 Å². The lowest BCUT2D eigenvalue weighted by Gasteiger charge is -2.15. The molecule has 2 N–H and O–H groups in total.